The Labute approximate surface area is 116 Å². The lowest BCUT2D eigenvalue weighted by molar-refractivity contribution is 0.121. The highest BCUT2D eigenvalue weighted by molar-refractivity contribution is 5.33. The van der Waals surface area contributed by atoms with E-state index in [1.165, 1.54) is 24.8 Å². The summed E-state index contributed by atoms with van der Waals surface area (Å²) in [6.45, 7) is 6.96. The molecule has 0 bridgehead atoms. The number of nitrogens with two attached hydrogens (primary N) is 1. The summed E-state index contributed by atoms with van der Waals surface area (Å²) in [5.41, 5.74) is 7.41. The van der Waals surface area contributed by atoms with Crippen LogP contribution in [0.4, 0.5) is 0 Å². The van der Waals surface area contributed by atoms with E-state index < -0.39 is 0 Å². The maximum Gasteiger partial charge on any atom is 0.123 e. The molecule has 1 aliphatic rings. The van der Waals surface area contributed by atoms with Crippen LogP contribution in [0.5, 0.6) is 5.75 Å². The first-order valence-corrected chi connectivity index (χ1v) is 7.42. The summed E-state index contributed by atoms with van der Waals surface area (Å²) >= 11 is 0. The van der Waals surface area contributed by atoms with E-state index in [9.17, 15) is 0 Å². The summed E-state index contributed by atoms with van der Waals surface area (Å²) in [5.74, 6) is 1.01. The smallest absolute Gasteiger partial charge is 0.123 e. The molecule has 0 aliphatic carbocycles. The van der Waals surface area contributed by atoms with Crippen LogP contribution in [0.3, 0.4) is 0 Å². The van der Waals surface area contributed by atoms with Crippen molar-refractivity contribution in [1.82, 2.24) is 4.90 Å². The molecule has 3 heteroatoms. The molecule has 19 heavy (non-hydrogen) atoms. The van der Waals surface area contributed by atoms with Crippen molar-refractivity contribution < 1.29 is 4.74 Å². The second-order valence-electron chi connectivity index (χ2n) is 5.43. The van der Waals surface area contributed by atoms with E-state index in [2.05, 4.69) is 30.0 Å². The number of nitrogens with zero attached hydrogens (tertiary/aromatic N) is 1. The molecule has 3 nitrogen and oxygen atoms in total. The summed E-state index contributed by atoms with van der Waals surface area (Å²) in [5, 5.41) is 0. The van der Waals surface area contributed by atoms with Gasteiger partial charge in [0.2, 0.25) is 0 Å². The maximum absolute atomic E-state index is 6.13. The lowest BCUT2D eigenvalue weighted by atomic mass is 9.96. The Balaban J connectivity index is 2.10. The quantitative estimate of drug-likeness (QED) is 0.887. The van der Waals surface area contributed by atoms with Crippen LogP contribution >= 0.6 is 0 Å². The molecule has 2 rings (SSSR count). The second kappa shape index (κ2) is 6.92. The molecular formula is C16H26N2O. The number of likely N-dealkylation sites (tertiary alicyclic amines) is 1. The fourth-order valence-corrected chi connectivity index (χ4v) is 2.96. The van der Waals surface area contributed by atoms with Gasteiger partial charge in [0.1, 0.15) is 5.75 Å². The number of piperidine rings is 1. The van der Waals surface area contributed by atoms with Gasteiger partial charge in [0, 0.05) is 24.2 Å². The Morgan fingerprint density at radius 3 is 2.89 bits per heavy atom. The fourth-order valence-electron chi connectivity index (χ4n) is 2.96. The van der Waals surface area contributed by atoms with Gasteiger partial charge >= 0.3 is 0 Å². The lowest BCUT2D eigenvalue weighted by Crippen LogP contribution is -2.48. The van der Waals surface area contributed by atoms with Crippen molar-refractivity contribution in [2.45, 2.75) is 51.7 Å². The first-order chi connectivity index (χ1) is 9.22. The molecule has 2 unspecified atom stereocenters. The van der Waals surface area contributed by atoms with Gasteiger partial charge in [0.15, 0.2) is 0 Å². The number of rotatable bonds is 5. The molecule has 2 N–H and O–H groups in total. The Morgan fingerprint density at radius 2 is 2.16 bits per heavy atom. The zero-order valence-corrected chi connectivity index (χ0v) is 12.1. The number of hydrogen-bond donors (Lipinski definition) is 1. The molecule has 1 fully saturated rings. The van der Waals surface area contributed by atoms with Crippen LogP contribution in [0, 0.1) is 0 Å². The van der Waals surface area contributed by atoms with Gasteiger partial charge in [0.25, 0.3) is 0 Å². The van der Waals surface area contributed by atoms with Gasteiger partial charge in [-0.25, -0.2) is 0 Å². The van der Waals surface area contributed by atoms with Crippen LogP contribution in [0.2, 0.25) is 0 Å². The van der Waals surface area contributed by atoms with Gasteiger partial charge in [-0.1, -0.05) is 24.6 Å². The second-order valence-corrected chi connectivity index (χ2v) is 5.43. The first kappa shape index (κ1) is 14.4. The summed E-state index contributed by atoms with van der Waals surface area (Å²) in [4.78, 5) is 2.52. The van der Waals surface area contributed by atoms with Gasteiger partial charge in [-0.05, 0) is 39.3 Å². The molecule has 1 saturated heterocycles. The zero-order valence-electron chi connectivity index (χ0n) is 12.1. The number of hydrogen-bond acceptors (Lipinski definition) is 3. The molecule has 2 atom stereocenters. The van der Waals surface area contributed by atoms with Crippen molar-refractivity contribution in [3.8, 4) is 5.75 Å². The molecule has 0 saturated carbocycles. The summed E-state index contributed by atoms with van der Waals surface area (Å²) < 4.78 is 5.72. The van der Waals surface area contributed by atoms with Gasteiger partial charge in [-0.15, -0.1) is 0 Å². The monoisotopic (exact) mass is 262 g/mol. The van der Waals surface area contributed by atoms with Crippen molar-refractivity contribution in [2.75, 3.05) is 13.2 Å². The van der Waals surface area contributed by atoms with Crippen LogP contribution in [0.15, 0.2) is 24.3 Å². The van der Waals surface area contributed by atoms with Crippen molar-refractivity contribution >= 4 is 0 Å². The van der Waals surface area contributed by atoms with Gasteiger partial charge in [-0.3, -0.25) is 4.90 Å². The van der Waals surface area contributed by atoms with Gasteiger partial charge < -0.3 is 10.5 Å². The fraction of sp³-hybridized carbons (Fsp3) is 0.625. The minimum atomic E-state index is 0.236. The third-order valence-corrected chi connectivity index (χ3v) is 3.92. The van der Waals surface area contributed by atoms with Crippen LogP contribution in [-0.2, 0) is 6.54 Å². The minimum Gasteiger partial charge on any atom is -0.494 e. The minimum absolute atomic E-state index is 0.236. The molecule has 0 spiro atoms. The van der Waals surface area contributed by atoms with Crippen molar-refractivity contribution in [2.24, 2.45) is 5.73 Å². The van der Waals surface area contributed by atoms with Crippen LogP contribution in [0.1, 0.15) is 38.7 Å². The maximum atomic E-state index is 6.13. The summed E-state index contributed by atoms with van der Waals surface area (Å²) in [7, 11) is 0. The third kappa shape index (κ3) is 3.71. The average molecular weight is 262 g/mol. The van der Waals surface area contributed by atoms with Crippen LogP contribution in [0.25, 0.3) is 0 Å². The molecule has 106 valence electrons. The van der Waals surface area contributed by atoms with E-state index >= 15 is 0 Å². The van der Waals surface area contributed by atoms with Gasteiger partial charge in [0.05, 0.1) is 6.61 Å². The average Bonchev–Trinajstić information content (AvgIpc) is 2.42. The molecule has 1 aromatic rings. The zero-order chi connectivity index (χ0) is 13.7. The molecular weight excluding hydrogens is 236 g/mol. The predicted octanol–water partition coefficient (Wildman–Crippen LogP) is 2.79. The lowest BCUT2D eigenvalue weighted by Gasteiger charge is -2.38. The first-order valence-electron chi connectivity index (χ1n) is 7.42. The largest absolute Gasteiger partial charge is 0.494 e. The van der Waals surface area contributed by atoms with Crippen molar-refractivity contribution in [3.05, 3.63) is 29.8 Å². The normalized spacial score (nSPS) is 22.2. The van der Waals surface area contributed by atoms with E-state index in [1.54, 1.807) is 0 Å². The van der Waals surface area contributed by atoms with Crippen LogP contribution < -0.4 is 10.5 Å². The van der Waals surface area contributed by atoms with E-state index in [-0.39, 0.29) is 6.04 Å². The Hall–Kier alpha value is -1.06. The number of para-hydroxylation sites is 1. The highest BCUT2D eigenvalue weighted by Crippen LogP contribution is 2.25. The SMILES string of the molecule is CCOc1ccccc1CN1CCCCC1C(C)N. The van der Waals surface area contributed by atoms with E-state index in [0.717, 1.165) is 18.8 Å². The predicted molar refractivity (Wildman–Crippen MR) is 79.3 cm³/mol. The highest BCUT2D eigenvalue weighted by Gasteiger charge is 2.25. The van der Waals surface area contributed by atoms with Crippen LogP contribution in [-0.4, -0.2) is 30.1 Å². The van der Waals surface area contributed by atoms with E-state index in [4.69, 9.17) is 10.5 Å². The molecule has 0 amide bonds. The third-order valence-electron chi connectivity index (χ3n) is 3.92. The van der Waals surface area contributed by atoms with E-state index in [1.807, 2.05) is 13.0 Å². The van der Waals surface area contributed by atoms with E-state index in [0.29, 0.717) is 12.6 Å². The highest BCUT2D eigenvalue weighted by atomic mass is 16.5. The Bertz CT molecular complexity index is 392. The summed E-state index contributed by atoms with van der Waals surface area (Å²) in [6.07, 6.45) is 3.80. The molecule has 1 aromatic carbocycles. The molecule has 0 aromatic heterocycles. The Morgan fingerprint density at radius 1 is 1.37 bits per heavy atom. The number of benzene rings is 1. The Kier molecular flexibility index (Phi) is 5.23. The molecule has 0 radical (unpaired) electrons. The van der Waals surface area contributed by atoms with Crippen molar-refractivity contribution in [3.63, 3.8) is 0 Å². The van der Waals surface area contributed by atoms with Crippen molar-refractivity contribution in [1.29, 1.82) is 0 Å². The van der Waals surface area contributed by atoms with Gasteiger partial charge in [-0.2, -0.15) is 0 Å². The molecule has 1 heterocycles. The summed E-state index contributed by atoms with van der Waals surface area (Å²) in [6, 6.07) is 9.08. The standard InChI is InChI=1S/C16H26N2O/c1-3-19-16-10-5-4-8-14(16)12-18-11-7-6-9-15(18)13(2)17/h4-5,8,10,13,15H,3,6-7,9,11-12,17H2,1-2H3. The molecule has 1 aliphatic heterocycles. The number of ether oxygens (including phenoxy) is 1. The topological polar surface area (TPSA) is 38.5 Å².